The van der Waals surface area contributed by atoms with Gasteiger partial charge >= 0.3 is 0 Å². The molecule has 0 unspecified atom stereocenters. The lowest BCUT2D eigenvalue weighted by Crippen LogP contribution is -2.39. The molecule has 1 saturated heterocycles. The van der Waals surface area contributed by atoms with Crippen LogP contribution in [0.3, 0.4) is 0 Å². The molecule has 1 atom stereocenters. The average Bonchev–Trinajstić information content (AvgIpc) is 3.22. The van der Waals surface area contributed by atoms with Gasteiger partial charge in [0.05, 0.1) is 6.10 Å². The third-order valence-electron chi connectivity index (χ3n) is 3.88. The molecule has 0 radical (unpaired) electrons. The minimum atomic E-state index is 0.459. The minimum absolute atomic E-state index is 0.459. The van der Waals surface area contributed by atoms with E-state index in [0.29, 0.717) is 6.10 Å². The number of hydrogen-bond acceptors (Lipinski definition) is 3. The maximum atomic E-state index is 6.02. The molecule has 3 rings (SSSR count). The SMILES string of the molecule is c1cc(CN2CCC[C@H](OCC3CC3)C2)ccn1. The van der Waals surface area contributed by atoms with Gasteiger partial charge in [-0.15, -0.1) is 0 Å². The number of hydrogen-bond donors (Lipinski definition) is 0. The van der Waals surface area contributed by atoms with E-state index in [1.54, 1.807) is 0 Å². The van der Waals surface area contributed by atoms with Gasteiger partial charge in [-0.2, -0.15) is 0 Å². The number of ether oxygens (including phenoxy) is 1. The molecule has 3 nitrogen and oxygen atoms in total. The van der Waals surface area contributed by atoms with E-state index in [-0.39, 0.29) is 0 Å². The molecule has 1 aromatic heterocycles. The first kappa shape index (κ1) is 12.1. The van der Waals surface area contributed by atoms with E-state index < -0.39 is 0 Å². The van der Waals surface area contributed by atoms with Gasteiger partial charge in [0.25, 0.3) is 0 Å². The van der Waals surface area contributed by atoms with E-state index in [1.807, 2.05) is 12.4 Å². The van der Waals surface area contributed by atoms with E-state index in [9.17, 15) is 0 Å². The lowest BCUT2D eigenvalue weighted by Gasteiger charge is -2.32. The molecule has 18 heavy (non-hydrogen) atoms. The van der Waals surface area contributed by atoms with Crippen molar-refractivity contribution in [3.8, 4) is 0 Å². The smallest absolute Gasteiger partial charge is 0.0702 e. The number of likely N-dealkylation sites (tertiary alicyclic amines) is 1. The van der Waals surface area contributed by atoms with Crippen LogP contribution < -0.4 is 0 Å². The summed E-state index contributed by atoms with van der Waals surface area (Å²) in [6, 6.07) is 4.21. The molecule has 1 aromatic rings. The molecule has 1 aliphatic heterocycles. The number of piperidine rings is 1. The molecule has 2 aliphatic rings. The molecule has 2 fully saturated rings. The fourth-order valence-electron chi connectivity index (χ4n) is 2.60. The van der Waals surface area contributed by atoms with Crippen molar-refractivity contribution in [1.82, 2.24) is 9.88 Å². The van der Waals surface area contributed by atoms with Crippen molar-refractivity contribution in [3.05, 3.63) is 30.1 Å². The van der Waals surface area contributed by atoms with Gasteiger partial charge in [-0.25, -0.2) is 0 Å². The Morgan fingerprint density at radius 2 is 2.06 bits per heavy atom. The molecule has 0 spiro atoms. The van der Waals surface area contributed by atoms with Crippen LogP contribution in [-0.4, -0.2) is 35.7 Å². The molecule has 1 saturated carbocycles. The first-order valence-corrected chi connectivity index (χ1v) is 7.13. The summed E-state index contributed by atoms with van der Waals surface area (Å²) in [5.74, 6) is 0.876. The highest BCUT2D eigenvalue weighted by Crippen LogP contribution is 2.30. The second-order valence-corrected chi connectivity index (χ2v) is 5.63. The predicted molar refractivity (Wildman–Crippen MR) is 71.2 cm³/mol. The highest BCUT2D eigenvalue weighted by atomic mass is 16.5. The Labute approximate surface area is 109 Å². The van der Waals surface area contributed by atoms with Crippen LogP contribution in [-0.2, 0) is 11.3 Å². The zero-order chi connectivity index (χ0) is 12.2. The average molecular weight is 246 g/mol. The zero-order valence-electron chi connectivity index (χ0n) is 10.9. The van der Waals surface area contributed by atoms with E-state index in [2.05, 4.69) is 22.0 Å². The fourth-order valence-corrected chi connectivity index (χ4v) is 2.60. The van der Waals surface area contributed by atoms with Crippen molar-refractivity contribution < 1.29 is 4.74 Å². The van der Waals surface area contributed by atoms with Crippen LogP contribution in [0.1, 0.15) is 31.2 Å². The van der Waals surface area contributed by atoms with Crippen LogP contribution in [0.15, 0.2) is 24.5 Å². The Hall–Kier alpha value is -0.930. The number of nitrogens with zero attached hydrogens (tertiary/aromatic N) is 2. The van der Waals surface area contributed by atoms with Crippen molar-refractivity contribution in [2.24, 2.45) is 5.92 Å². The van der Waals surface area contributed by atoms with Crippen LogP contribution in [0.5, 0.6) is 0 Å². The molecule has 0 bridgehead atoms. The largest absolute Gasteiger partial charge is 0.377 e. The Morgan fingerprint density at radius 3 is 2.83 bits per heavy atom. The van der Waals surface area contributed by atoms with Crippen LogP contribution in [0, 0.1) is 5.92 Å². The van der Waals surface area contributed by atoms with Crippen LogP contribution in [0.25, 0.3) is 0 Å². The molecule has 3 heteroatoms. The number of rotatable bonds is 5. The second-order valence-electron chi connectivity index (χ2n) is 5.63. The van der Waals surface area contributed by atoms with Crippen molar-refractivity contribution in [2.75, 3.05) is 19.7 Å². The number of aromatic nitrogens is 1. The van der Waals surface area contributed by atoms with E-state index in [0.717, 1.165) is 25.6 Å². The third-order valence-corrected chi connectivity index (χ3v) is 3.88. The monoisotopic (exact) mass is 246 g/mol. The summed E-state index contributed by atoms with van der Waals surface area (Å²) in [5.41, 5.74) is 1.35. The lowest BCUT2D eigenvalue weighted by molar-refractivity contribution is -0.00724. The summed E-state index contributed by atoms with van der Waals surface area (Å²) in [7, 11) is 0. The third kappa shape index (κ3) is 3.53. The maximum absolute atomic E-state index is 6.02. The highest BCUT2D eigenvalue weighted by molar-refractivity contribution is 5.09. The van der Waals surface area contributed by atoms with E-state index in [1.165, 1.54) is 37.8 Å². The Morgan fingerprint density at radius 1 is 1.22 bits per heavy atom. The van der Waals surface area contributed by atoms with Gasteiger partial charge in [0.1, 0.15) is 0 Å². The van der Waals surface area contributed by atoms with Crippen molar-refractivity contribution in [3.63, 3.8) is 0 Å². The van der Waals surface area contributed by atoms with E-state index in [4.69, 9.17) is 4.74 Å². The zero-order valence-corrected chi connectivity index (χ0v) is 10.9. The van der Waals surface area contributed by atoms with Crippen LogP contribution in [0.2, 0.25) is 0 Å². The molecular weight excluding hydrogens is 224 g/mol. The molecule has 0 N–H and O–H groups in total. The summed E-state index contributed by atoms with van der Waals surface area (Å²) in [6.07, 6.45) is 9.47. The van der Waals surface area contributed by atoms with Crippen molar-refractivity contribution in [1.29, 1.82) is 0 Å². The van der Waals surface area contributed by atoms with E-state index >= 15 is 0 Å². The van der Waals surface area contributed by atoms with Gasteiger partial charge in [-0.05, 0) is 55.8 Å². The number of pyridine rings is 1. The van der Waals surface area contributed by atoms with Gasteiger partial charge in [0, 0.05) is 32.1 Å². The Balaban J connectivity index is 1.47. The lowest BCUT2D eigenvalue weighted by atomic mass is 10.1. The second kappa shape index (κ2) is 5.81. The van der Waals surface area contributed by atoms with Crippen molar-refractivity contribution in [2.45, 2.75) is 38.3 Å². The molecule has 0 aromatic carbocycles. The first-order chi connectivity index (χ1) is 8.90. The van der Waals surface area contributed by atoms with Gasteiger partial charge in [0.2, 0.25) is 0 Å². The standard InChI is InChI=1S/C15H22N2O/c1-2-15(18-12-14-3-4-14)11-17(9-1)10-13-5-7-16-8-6-13/h5-8,14-15H,1-4,9-12H2/t15-/m0/s1. The quantitative estimate of drug-likeness (QED) is 0.798. The van der Waals surface area contributed by atoms with Gasteiger partial charge in [0.15, 0.2) is 0 Å². The molecule has 0 amide bonds. The molecule has 1 aliphatic carbocycles. The summed E-state index contributed by atoms with van der Waals surface area (Å²) in [6.45, 7) is 4.32. The fraction of sp³-hybridized carbons (Fsp3) is 0.667. The normalized spacial score (nSPS) is 25.2. The predicted octanol–water partition coefficient (Wildman–Crippen LogP) is 2.47. The van der Waals surface area contributed by atoms with Gasteiger partial charge in [-0.1, -0.05) is 0 Å². The van der Waals surface area contributed by atoms with Crippen LogP contribution >= 0.6 is 0 Å². The summed E-state index contributed by atoms with van der Waals surface area (Å²) in [4.78, 5) is 6.58. The highest BCUT2D eigenvalue weighted by Gasteiger charge is 2.25. The van der Waals surface area contributed by atoms with Crippen molar-refractivity contribution >= 4 is 0 Å². The Kier molecular flexibility index (Phi) is 3.91. The summed E-state index contributed by atoms with van der Waals surface area (Å²) >= 11 is 0. The van der Waals surface area contributed by atoms with Gasteiger partial charge in [-0.3, -0.25) is 9.88 Å². The molecular formula is C15H22N2O. The molecule has 98 valence electrons. The summed E-state index contributed by atoms with van der Waals surface area (Å²) < 4.78 is 6.02. The minimum Gasteiger partial charge on any atom is -0.377 e. The van der Waals surface area contributed by atoms with Gasteiger partial charge < -0.3 is 4.74 Å². The topological polar surface area (TPSA) is 25.4 Å². The molecule has 2 heterocycles. The van der Waals surface area contributed by atoms with Crippen LogP contribution in [0.4, 0.5) is 0 Å². The maximum Gasteiger partial charge on any atom is 0.0702 e. The first-order valence-electron chi connectivity index (χ1n) is 7.13. The summed E-state index contributed by atoms with van der Waals surface area (Å²) in [5, 5.41) is 0. The Bertz CT molecular complexity index is 364.